The van der Waals surface area contributed by atoms with Gasteiger partial charge in [0.25, 0.3) is 21.6 Å². The molecule has 1 aromatic heterocycles. The summed E-state index contributed by atoms with van der Waals surface area (Å²) in [6, 6.07) is 20.2. The highest BCUT2D eigenvalue weighted by Gasteiger charge is 2.23. The van der Waals surface area contributed by atoms with E-state index in [0.29, 0.717) is 16.8 Å². The average Bonchev–Trinajstić information content (AvgIpc) is 2.62. The van der Waals surface area contributed by atoms with Crippen LogP contribution in [0.4, 0.5) is 0 Å². The number of hydrogen-bond acceptors (Lipinski definition) is 3. The SMILES string of the molecule is O=C(c1ccccc1)c1cccc[n+]1Cc1ccccc1S(=O)(=O)O. The van der Waals surface area contributed by atoms with Crippen molar-refractivity contribution in [2.24, 2.45) is 0 Å². The van der Waals surface area contributed by atoms with Crippen molar-refractivity contribution < 1.29 is 22.3 Å². The summed E-state index contributed by atoms with van der Waals surface area (Å²) in [4.78, 5) is 12.6. The molecule has 5 nitrogen and oxygen atoms in total. The Morgan fingerprint density at radius 3 is 2.24 bits per heavy atom. The summed E-state index contributed by atoms with van der Waals surface area (Å²) in [7, 11) is -4.34. The molecule has 6 heteroatoms. The molecule has 0 amide bonds. The van der Waals surface area contributed by atoms with E-state index in [9.17, 15) is 17.8 Å². The number of aromatic nitrogens is 1. The number of carbonyl (C=O) groups is 1. The molecule has 1 N–H and O–H groups in total. The predicted molar refractivity (Wildman–Crippen MR) is 91.9 cm³/mol. The van der Waals surface area contributed by atoms with Crippen LogP contribution in [0.5, 0.6) is 0 Å². The smallest absolute Gasteiger partial charge is 0.282 e. The quantitative estimate of drug-likeness (QED) is 0.434. The number of ketones is 1. The second-order valence-corrected chi connectivity index (χ2v) is 6.88. The molecular formula is C19H16NO4S+. The fourth-order valence-corrected chi connectivity index (χ4v) is 3.34. The molecule has 3 rings (SSSR count). The number of nitrogens with zero attached hydrogens (tertiary/aromatic N) is 1. The normalized spacial score (nSPS) is 11.2. The molecule has 0 spiro atoms. The van der Waals surface area contributed by atoms with Crippen molar-refractivity contribution in [2.45, 2.75) is 11.4 Å². The lowest BCUT2D eigenvalue weighted by molar-refractivity contribution is -0.690. The van der Waals surface area contributed by atoms with Gasteiger partial charge in [0, 0.05) is 23.3 Å². The Morgan fingerprint density at radius 2 is 1.52 bits per heavy atom. The molecule has 126 valence electrons. The van der Waals surface area contributed by atoms with Crippen molar-refractivity contribution in [3.05, 3.63) is 95.8 Å². The van der Waals surface area contributed by atoms with Crippen LogP contribution in [0.2, 0.25) is 0 Å². The molecule has 0 bridgehead atoms. The van der Waals surface area contributed by atoms with Crippen LogP contribution < -0.4 is 4.57 Å². The van der Waals surface area contributed by atoms with Gasteiger partial charge in [-0.2, -0.15) is 13.0 Å². The molecule has 3 aromatic rings. The summed E-state index contributed by atoms with van der Waals surface area (Å²) in [5.41, 5.74) is 1.38. The van der Waals surface area contributed by atoms with Gasteiger partial charge < -0.3 is 0 Å². The van der Waals surface area contributed by atoms with Gasteiger partial charge in [-0.05, 0) is 12.1 Å². The van der Waals surface area contributed by atoms with Crippen LogP contribution in [-0.4, -0.2) is 18.8 Å². The first-order valence-electron chi connectivity index (χ1n) is 7.60. The summed E-state index contributed by atoms with van der Waals surface area (Å²) in [6.07, 6.45) is 1.71. The molecule has 2 aromatic carbocycles. The fourth-order valence-electron chi connectivity index (χ4n) is 2.63. The van der Waals surface area contributed by atoms with Gasteiger partial charge in [-0.25, -0.2) is 0 Å². The molecule has 1 heterocycles. The molecule has 0 aliphatic rings. The molecule has 0 radical (unpaired) electrons. The Kier molecular flexibility index (Phi) is 4.74. The lowest BCUT2D eigenvalue weighted by Crippen LogP contribution is -2.41. The highest BCUT2D eigenvalue weighted by atomic mass is 32.2. The molecule has 25 heavy (non-hydrogen) atoms. The van der Waals surface area contributed by atoms with Crippen molar-refractivity contribution in [2.75, 3.05) is 0 Å². The molecule has 0 aliphatic heterocycles. The van der Waals surface area contributed by atoms with Gasteiger partial charge in [0.1, 0.15) is 4.90 Å². The van der Waals surface area contributed by atoms with Gasteiger partial charge in [-0.15, -0.1) is 0 Å². The van der Waals surface area contributed by atoms with E-state index in [1.165, 1.54) is 12.1 Å². The molecular weight excluding hydrogens is 338 g/mol. The third-order valence-electron chi connectivity index (χ3n) is 3.80. The van der Waals surface area contributed by atoms with Crippen molar-refractivity contribution in [1.82, 2.24) is 0 Å². The van der Waals surface area contributed by atoms with E-state index < -0.39 is 10.1 Å². The van der Waals surface area contributed by atoms with Crippen molar-refractivity contribution >= 4 is 15.9 Å². The Hall–Kier alpha value is -2.83. The van der Waals surface area contributed by atoms with Gasteiger partial charge >= 0.3 is 0 Å². The number of rotatable bonds is 5. The van der Waals surface area contributed by atoms with E-state index in [4.69, 9.17) is 0 Å². The zero-order valence-electron chi connectivity index (χ0n) is 13.2. The molecule has 0 saturated heterocycles. The maximum absolute atomic E-state index is 12.8. The lowest BCUT2D eigenvalue weighted by Gasteiger charge is -2.07. The summed E-state index contributed by atoms with van der Waals surface area (Å²) in [5.74, 6) is -0.162. The Bertz CT molecular complexity index is 1010. The molecule has 0 saturated carbocycles. The lowest BCUT2D eigenvalue weighted by atomic mass is 10.1. The van der Waals surface area contributed by atoms with Crippen LogP contribution >= 0.6 is 0 Å². The second-order valence-electron chi connectivity index (χ2n) is 5.49. The van der Waals surface area contributed by atoms with Gasteiger partial charge in [0.2, 0.25) is 0 Å². The number of hydrogen-bond donors (Lipinski definition) is 1. The van der Waals surface area contributed by atoms with Gasteiger partial charge in [0.05, 0.1) is 0 Å². The number of carbonyl (C=O) groups excluding carboxylic acids is 1. The minimum atomic E-state index is -4.34. The molecule has 0 aliphatic carbocycles. The molecule has 0 atom stereocenters. The first kappa shape index (κ1) is 17.0. The Labute approximate surface area is 145 Å². The zero-order chi connectivity index (χ0) is 17.9. The van der Waals surface area contributed by atoms with Crippen LogP contribution in [-0.2, 0) is 16.7 Å². The largest absolute Gasteiger partial charge is 0.295 e. The number of pyridine rings is 1. The fraction of sp³-hybridized carbons (Fsp3) is 0.0526. The van der Waals surface area contributed by atoms with Crippen molar-refractivity contribution in [3.63, 3.8) is 0 Å². The number of benzene rings is 2. The second kappa shape index (κ2) is 6.96. The van der Waals surface area contributed by atoms with Crippen LogP contribution in [0.3, 0.4) is 0 Å². The van der Waals surface area contributed by atoms with Gasteiger partial charge in [0.15, 0.2) is 12.7 Å². The van der Waals surface area contributed by atoms with E-state index in [1.54, 1.807) is 65.4 Å². The average molecular weight is 354 g/mol. The molecule has 0 unspecified atom stereocenters. The predicted octanol–water partition coefficient (Wildman–Crippen LogP) is 2.50. The Morgan fingerprint density at radius 1 is 0.880 bits per heavy atom. The maximum Gasteiger partial charge on any atom is 0.295 e. The van der Waals surface area contributed by atoms with Crippen LogP contribution in [0.25, 0.3) is 0 Å². The standard InChI is InChI=1S/C19H15NO4S/c21-19(15-8-2-1-3-9-15)17-11-6-7-13-20(17)14-16-10-4-5-12-18(16)25(22,23)24/h1-13H,14H2/p+1. The van der Waals surface area contributed by atoms with E-state index in [-0.39, 0.29) is 17.2 Å². The van der Waals surface area contributed by atoms with Crippen molar-refractivity contribution in [3.8, 4) is 0 Å². The summed E-state index contributed by atoms with van der Waals surface area (Å²) in [6.45, 7) is 0.144. The third kappa shape index (κ3) is 3.81. The minimum absolute atomic E-state index is 0.144. The van der Waals surface area contributed by atoms with Crippen LogP contribution in [0.1, 0.15) is 21.6 Å². The van der Waals surface area contributed by atoms with Gasteiger partial charge in [-0.3, -0.25) is 9.35 Å². The highest BCUT2D eigenvalue weighted by molar-refractivity contribution is 7.85. The summed E-state index contributed by atoms with van der Waals surface area (Å²) < 4.78 is 34.2. The van der Waals surface area contributed by atoms with Crippen LogP contribution in [0.15, 0.2) is 83.9 Å². The minimum Gasteiger partial charge on any atom is -0.282 e. The van der Waals surface area contributed by atoms with E-state index >= 15 is 0 Å². The first-order valence-corrected chi connectivity index (χ1v) is 9.04. The summed E-state index contributed by atoms with van der Waals surface area (Å²) >= 11 is 0. The zero-order valence-corrected chi connectivity index (χ0v) is 14.1. The Balaban J connectivity index is 2.03. The van der Waals surface area contributed by atoms with E-state index in [0.717, 1.165) is 0 Å². The molecule has 0 fully saturated rings. The summed E-state index contributed by atoms with van der Waals surface area (Å²) in [5, 5.41) is 0. The highest BCUT2D eigenvalue weighted by Crippen LogP contribution is 2.15. The monoisotopic (exact) mass is 354 g/mol. The third-order valence-corrected chi connectivity index (χ3v) is 4.75. The first-order chi connectivity index (χ1) is 12.0. The topological polar surface area (TPSA) is 75.3 Å². The van der Waals surface area contributed by atoms with Crippen molar-refractivity contribution in [1.29, 1.82) is 0 Å². The van der Waals surface area contributed by atoms with E-state index in [1.807, 2.05) is 6.07 Å². The maximum atomic E-state index is 12.8. The van der Waals surface area contributed by atoms with Gasteiger partial charge in [-0.1, -0.05) is 48.5 Å². The van der Waals surface area contributed by atoms with Crippen LogP contribution in [0, 0.1) is 0 Å². The van der Waals surface area contributed by atoms with E-state index in [2.05, 4.69) is 0 Å².